The van der Waals surface area contributed by atoms with Gasteiger partial charge in [0.2, 0.25) is 0 Å². The number of ether oxygens (including phenoxy) is 1. The number of benzene rings is 2. The molecule has 7 nitrogen and oxygen atoms in total. The van der Waals surface area contributed by atoms with Gasteiger partial charge in [0, 0.05) is 68.5 Å². The van der Waals surface area contributed by atoms with Gasteiger partial charge in [-0.25, -0.2) is 0 Å². The van der Waals surface area contributed by atoms with Gasteiger partial charge in [0.25, 0.3) is 11.5 Å². The van der Waals surface area contributed by atoms with Crippen molar-refractivity contribution in [3.63, 3.8) is 0 Å². The van der Waals surface area contributed by atoms with Crippen LogP contribution >= 0.6 is 11.3 Å². The van der Waals surface area contributed by atoms with Gasteiger partial charge in [-0.15, -0.1) is 11.3 Å². The average molecular weight is 505 g/mol. The number of fused-ring (bicyclic) bond motifs is 2. The van der Waals surface area contributed by atoms with E-state index in [0.29, 0.717) is 23.9 Å². The molecular formula is C28H32N4O3S. The molecule has 36 heavy (non-hydrogen) atoms. The number of amides is 1. The zero-order chi connectivity index (χ0) is 25.2. The van der Waals surface area contributed by atoms with Gasteiger partial charge in [-0.1, -0.05) is 18.2 Å². The van der Waals surface area contributed by atoms with Crippen molar-refractivity contribution in [2.75, 3.05) is 45.7 Å². The average Bonchev–Trinajstić information content (AvgIpc) is 3.35. The van der Waals surface area contributed by atoms with Crippen LogP contribution in [0.25, 0.3) is 21.0 Å². The molecule has 0 aliphatic carbocycles. The number of anilines is 1. The van der Waals surface area contributed by atoms with Crippen molar-refractivity contribution in [2.45, 2.75) is 25.4 Å². The number of rotatable bonds is 7. The van der Waals surface area contributed by atoms with Crippen LogP contribution in [0, 0.1) is 0 Å². The fourth-order valence-electron chi connectivity index (χ4n) is 5.13. The summed E-state index contributed by atoms with van der Waals surface area (Å²) >= 11 is 1.85. The number of hydrogen-bond donors (Lipinski definition) is 1. The van der Waals surface area contributed by atoms with Gasteiger partial charge in [-0.3, -0.25) is 9.59 Å². The number of methoxy groups -OCH3 is 1. The van der Waals surface area contributed by atoms with Crippen molar-refractivity contribution in [1.82, 2.24) is 14.8 Å². The minimum absolute atomic E-state index is 0.172. The number of carbonyl (C=O) groups excluding carboxylic acids is 1. The molecule has 1 aliphatic heterocycles. The standard InChI is InChI=1S/C28H32N4O3S/c1-29-28(34)23-18-26(33)32(24-17-21(35-3)8-9-22(23)24)15-14-31-12-10-20(11-13-31)30(2)27-16-19-6-4-5-7-25(19)36-27/h4-9,16-18,20H,10-15H2,1-3H3,(H,29,34). The predicted octanol–water partition coefficient (Wildman–Crippen LogP) is 4.19. The third-order valence-corrected chi connectivity index (χ3v) is 8.50. The van der Waals surface area contributed by atoms with Gasteiger partial charge < -0.3 is 24.4 Å². The van der Waals surface area contributed by atoms with Crippen molar-refractivity contribution in [3.8, 4) is 5.75 Å². The number of thiophene rings is 1. The highest BCUT2D eigenvalue weighted by Gasteiger charge is 2.24. The summed E-state index contributed by atoms with van der Waals surface area (Å²) in [5.74, 6) is 0.397. The minimum Gasteiger partial charge on any atom is -0.497 e. The molecule has 3 heterocycles. The van der Waals surface area contributed by atoms with E-state index >= 15 is 0 Å². The Kier molecular flexibility index (Phi) is 6.98. The second kappa shape index (κ2) is 10.3. The van der Waals surface area contributed by atoms with Gasteiger partial charge in [-0.05, 0) is 42.5 Å². The highest BCUT2D eigenvalue weighted by Crippen LogP contribution is 2.34. The topological polar surface area (TPSA) is 66.8 Å². The fourth-order valence-corrected chi connectivity index (χ4v) is 6.23. The Morgan fingerprint density at radius 2 is 1.89 bits per heavy atom. The van der Waals surface area contributed by atoms with Crippen LogP contribution < -0.4 is 20.5 Å². The summed E-state index contributed by atoms with van der Waals surface area (Å²) in [7, 11) is 5.38. The molecule has 1 fully saturated rings. The molecular weight excluding hydrogens is 472 g/mol. The van der Waals surface area contributed by atoms with Crippen molar-refractivity contribution < 1.29 is 9.53 Å². The molecule has 1 amide bonds. The van der Waals surface area contributed by atoms with E-state index in [2.05, 4.69) is 52.5 Å². The molecule has 2 aromatic carbocycles. The van der Waals surface area contributed by atoms with Crippen molar-refractivity contribution in [2.24, 2.45) is 0 Å². The van der Waals surface area contributed by atoms with Crippen LogP contribution in [-0.4, -0.2) is 62.3 Å². The van der Waals surface area contributed by atoms with Gasteiger partial charge in [0.15, 0.2) is 0 Å². The number of carbonyl (C=O) groups is 1. The molecule has 0 spiro atoms. The van der Waals surface area contributed by atoms with E-state index in [1.165, 1.54) is 21.2 Å². The predicted molar refractivity (Wildman–Crippen MR) is 148 cm³/mol. The van der Waals surface area contributed by atoms with E-state index in [1.807, 2.05) is 29.5 Å². The molecule has 1 N–H and O–H groups in total. The van der Waals surface area contributed by atoms with Crippen molar-refractivity contribution in [3.05, 3.63) is 70.5 Å². The Bertz CT molecular complexity index is 1420. The largest absolute Gasteiger partial charge is 0.497 e. The molecule has 0 bridgehead atoms. The maximum absolute atomic E-state index is 13.0. The summed E-state index contributed by atoms with van der Waals surface area (Å²) in [6.45, 7) is 3.33. The van der Waals surface area contributed by atoms with Gasteiger partial charge >= 0.3 is 0 Å². The lowest BCUT2D eigenvalue weighted by atomic mass is 10.0. The number of hydrogen-bond acceptors (Lipinski definition) is 6. The molecule has 0 atom stereocenters. The molecule has 0 unspecified atom stereocenters. The van der Waals surface area contributed by atoms with Gasteiger partial charge in [0.1, 0.15) is 5.75 Å². The number of piperidine rings is 1. The smallest absolute Gasteiger partial charge is 0.251 e. The molecule has 1 saturated heterocycles. The zero-order valence-corrected chi connectivity index (χ0v) is 21.8. The lowest BCUT2D eigenvalue weighted by molar-refractivity contribution is 0.0964. The van der Waals surface area contributed by atoms with E-state index in [9.17, 15) is 9.59 Å². The molecule has 8 heteroatoms. The second-order valence-electron chi connectivity index (χ2n) is 9.32. The summed E-state index contributed by atoms with van der Waals surface area (Å²) in [6, 6.07) is 18.3. The van der Waals surface area contributed by atoms with E-state index in [1.54, 1.807) is 18.7 Å². The molecule has 0 radical (unpaired) electrons. The molecule has 1 aliphatic rings. The van der Waals surface area contributed by atoms with E-state index in [-0.39, 0.29) is 11.5 Å². The first-order valence-electron chi connectivity index (χ1n) is 12.4. The summed E-state index contributed by atoms with van der Waals surface area (Å²) in [4.78, 5) is 30.3. The van der Waals surface area contributed by atoms with E-state index in [0.717, 1.165) is 43.4 Å². The highest BCUT2D eigenvalue weighted by molar-refractivity contribution is 7.22. The first-order chi connectivity index (χ1) is 17.5. The Hall–Kier alpha value is -3.36. The van der Waals surface area contributed by atoms with Crippen LogP contribution in [0.5, 0.6) is 5.75 Å². The Morgan fingerprint density at radius 3 is 2.61 bits per heavy atom. The molecule has 188 valence electrons. The molecule has 0 saturated carbocycles. The molecule has 2 aromatic heterocycles. The van der Waals surface area contributed by atoms with Crippen LogP contribution in [0.1, 0.15) is 23.2 Å². The monoisotopic (exact) mass is 504 g/mol. The molecule has 4 aromatic rings. The number of pyridine rings is 1. The first-order valence-corrected chi connectivity index (χ1v) is 13.2. The third-order valence-electron chi connectivity index (χ3n) is 7.30. The number of likely N-dealkylation sites (tertiary alicyclic amines) is 1. The SMILES string of the molecule is CNC(=O)c1cc(=O)n(CCN2CCC(N(C)c3cc4ccccc4s3)CC2)c2cc(OC)ccc12. The summed E-state index contributed by atoms with van der Waals surface area (Å²) < 4.78 is 8.49. The Balaban J connectivity index is 1.28. The molecule has 5 rings (SSSR count). The number of nitrogens with zero attached hydrogens (tertiary/aromatic N) is 3. The van der Waals surface area contributed by atoms with Gasteiger partial charge in [0.05, 0.1) is 23.2 Å². The number of aromatic nitrogens is 1. The van der Waals surface area contributed by atoms with Crippen LogP contribution in [0.4, 0.5) is 5.00 Å². The van der Waals surface area contributed by atoms with Crippen LogP contribution in [0.2, 0.25) is 0 Å². The van der Waals surface area contributed by atoms with Crippen LogP contribution in [0.15, 0.2) is 59.4 Å². The van der Waals surface area contributed by atoms with Crippen LogP contribution in [0.3, 0.4) is 0 Å². The van der Waals surface area contributed by atoms with Crippen molar-refractivity contribution in [1.29, 1.82) is 0 Å². The summed E-state index contributed by atoms with van der Waals surface area (Å²) in [5.41, 5.74) is 0.940. The maximum atomic E-state index is 13.0. The fraction of sp³-hybridized carbons (Fsp3) is 0.357. The zero-order valence-electron chi connectivity index (χ0n) is 21.0. The quantitative estimate of drug-likeness (QED) is 0.409. The maximum Gasteiger partial charge on any atom is 0.251 e. The normalized spacial score (nSPS) is 14.9. The third kappa shape index (κ3) is 4.70. The van der Waals surface area contributed by atoms with Crippen LogP contribution in [-0.2, 0) is 6.54 Å². The van der Waals surface area contributed by atoms with Crippen molar-refractivity contribution >= 4 is 43.2 Å². The first kappa shape index (κ1) is 24.3. The lowest BCUT2D eigenvalue weighted by Gasteiger charge is -2.37. The van der Waals surface area contributed by atoms with E-state index in [4.69, 9.17) is 4.74 Å². The summed E-state index contributed by atoms with van der Waals surface area (Å²) in [6.07, 6.45) is 2.17. The second-order valence-corrected chi connectivity index (χ2v) is 10.4. The number of nitrogens with one attached hydrogen (secondary N) is 1. The highest BCUT2D eigenvalue weighted by atomic mass is 32.1. The lowest BCUT2D eigenvalue weighted by Crippen LogP contribution is -2.44. The minimum atomic E-state index is -0.265. The van der Waals surface area contributed by atoms with Gasteiger partial charge in [-0.2, -0.15) is 0 Å². The van der Waals surface area contributed by atoms with E-state index < -0.39 is 0 Å². The Morgan fingerprint density at radius 1 is 1.11 bits per heavy atom. The summed E-state index contributed by atoms with van der Waals surface area (Å²) in [5, 5.41) is 6.01. The Labute approximate surface area is 214 Å².